The number of aryl methyl sites for hydroxylation is 2. The standard InChI is InChI=1S/C47H57N8O8P/c1-32(2)55(33(3)4)64(61-26-24-49-8)63-42-40(27-60-47(37-13-10-9-11-14-37,38-19-15-34(5)16-20-38)39-21-17-35(6)18-22-39)62-46(43(42)59-31-58-30-57-25-12-23-48)54-29-52-41-44(53-36(7)56)50-28-51-45(41)54/h9-11,13-22,28-29,32-33,40,42-43,46H,12,24-27,30-31H2,1-7H3,(H,50,51,53,56)/t40-,42+,43?,46-,64?/m1/s1. The van der Waals surface area contributed by atoms with E-state index in [2.05, 4.69) is 138 Å². The van der Waals surface area contributed by atoms with Gasteiger partial charge in [0.05, 0.1) is 32.0 Å². The first-order chi connectivity index (χ1) is 31.0. The summed E-state index contributed by atoms with van der Waals surface area (Å²) in [6.45, 7) is 21.4. The molecule has 1 aliphatic rings. The van der Waals surface area contributed by atoms with Crippen molar-refractivity contribution in [2.24, 2.45) is 0 Å². The summed E-state index contributed by atoms with van der Waals surface area (Å²) in [6, 6.07) is 28.8. The number of amides is 1. The highest BCUT2D eigenvalue weighted by molar-refractivity contribution is 7.44. The number of nitriles is 1. The van der Waals surface area contributed by atoms with Crippen LogP contribution in [0.1, 0.15) is 75.1 Å². The monoisotopic (exact) mass is 892 g/mol. The number of nitrogens with zero attached hydrogens (tertiary/aromatic N) is 7. The van der Waals surface area contributed by atoms with Gasteiger partial charge in [-0.25, -0.2) is 26.2 Å². The lowest BCUT2D eigenvalue weighted by molar-refractivity contribution is -0.173. The van der Waals surface area contributed by atoms with Gasteiger partial charge in [0, 0.05) is 19.0 Å². The van der Waals surface area contributed by atoms with Crippen molar-refractivity contribution in [1.29, 1.82) is 5.26 Å². The third kappa shape index (κ3) is 11.5. The van der Waals surface area contributed by atoms with Gasteiger partial charge < -0.3 is 42.9 Å². The number of aromatic nitrogens is 4. The van der Waals surface area contributed by atoms with Crippen molar-refractivity contribution in [3.05, 3.63) is 131 Å². The molecule has 1 aliphatic heterocycles. The molecule has 5 atom stereocenters. The normalized spacial score (nSPS) is 18.1. The third-order valence-electron chi connectivity index (χ3n) is 10.5. The minimum atomic E-state index is -1.83. The lowest BCUT2D eigenvalue weighted by Gasteiger charge is -2.39. The molecule has 2 unspecified atom stereocenters. The van der Waals surface area contributed by atoms with E-state index >= 15 is 0 Å². The Morgan fingerprint density at radius 2 is 1.58 bits per heavy atom. The lowest BCUT2D eigenvalue weighted by Crippen LogP contribution is -2.43. The van der Waals surface area contributed by atoms with Gasteiger partial charge in [-0.15, -0.1) is 0 Å². The summed E-state index contributed by atoms with van der Waals surface area (Å²) in [6.07, 6.45) is -0.443. The average molecular weight is 893 g/mol. The number of imidazole rings is 1. The Morgan fingerprint density at radius 3 is 2.19 bits per heavy atom. The minimum absolute atomic E-state index is 0.00424. The quantitative estimate of drug-likeness (QED) is 0.0219. The molecule has 3 heterocycles. The summed E-state index contributed by atoms with van der Waals surface area (Å²) in [5.74, 6) is -0.0782. The van der Waals surface area contributed by atoms with Crippen LogP contribution in [0.5, 0.6) is 0 Å². The summed E-state index contributed by atoms with van der Waals surface area (Å²) < 4.78 is 50.0. The van der Waals surface area contributed by atoms with Gasteiger partial charge in [0.2, 0.25) is 12.5 Å². The minimum Gasteiger partial charge on any atom is -0.358 e. The predicted molar refractivity (Wildman–Crippen MR) is 241 cm³/mol. The van der Waals surface area contributed by atoms with E-state index in [1.807, 2.05) is 18.2 Å². The summed E-state index contributed by atoms with van der Waals surface area (Å²) in [4.78, 5) is 29.2. The van der Waals surface area contributed by atoms with Crippen molar-refractivity contribution in [2.45, 2.75) is 97.1 Å². The van der Waals surface area contributed by atoms with E-state index in [1.165, 1.54) is 13.3 Å². The molecule has 16 nitrogen and oxygen atoms in total. The highest BCUT2D eigenvalue weighted by Gasteiger charge is 2.52. The van der Waals surface area contributed by atoms with Gasteiger partial charge in [-0.1, -0.05) is 90.0 Å². The molecule has 338 valence electrons. The number of rotatable bonds is 23. The first-order valence-electron chi connectivity index (χ1n) is 21.3. The number of carbonyl (C=O) groups is 1. The fourth-order valence-corrected chi connectivity index (χ4v) is 9.42. The largest absolute Gasteiger partial charge is 0.358 e. The second-order valence-corrected chi connectivity index (χ2v) is 17.3. The van der Waals surface area contributed by atoms with Crippen LogP contribution in [-0.2, 0) is 43.1 Å². The zero-order valence-corrected chi connectivity index (χ0v) is 38.3. The van der Waals surface area contributed by atoms with Crippen LogP contribution < -0.4 is 5.32 Å². The Hall–Kier alpha value is -5.23. The SMILES string of the molecule is [C-]#[N+]CCOP(O[C@@H]1C(OCOCOCCC#N)[C@H](n2cnc3c(NC(C)=O)ncnc32)O[C@@H]1COC(c1ccccc1)(c1ccc(C)cc1)c1ccc(C)cc1)N(C(C)C)C(C)C. The Bertz CT molecular complexity index is 2280. The molecule has 0 aliphatic carbocycles. The topological polar surface area (TPSA) is 169 Å². The van der Waals surface area contributed by atoms with E-state index in [4.69, 9.17) is 44.6 Å². The van der Waals surface area contributed by atoms with E-state index < -0.39 is 38.7 Å². The predicted octanol–water partition coefficient (Wildman–Crippen LogP) is 8.22. The fraction of sp³-hybridized carbons (Fsp3) is 0.447. The number of carbonyl (C=O) groups excluding carboxylic acids is 1. The van der Waals surface area contributed by atoms with Gasteiger partial charge in [-0.05, 0) is 58.2 Å². The van der Waals surface area contributed by atoms with Gasteiger partial charge in [0.15, 0.2) is 23.2 Å². The zero-order chi connectivity index (χ0) is 45.6. The molecule has 3 aromatic carbocycles. The Morgan fingerprint density at radius 1 is 0.922 bits per heavy atom. The first-order valence-corrected chi connectivity index (χ1v) is 22.4. The molecule has 0 radical (unpaired) electrons. The van der Waals surface area contributed by atoms with E-state index in [-0.39, 0.29) is 70.2 Å². The summed E-state index contributed by atoms with van der Waals surface area (Å²) in [5, 5.41) is 11.7. The maximum Gasteiger partial charge on any atom is 0.259 e. The number of fused-ring (bicyclic) bond motifs is 1. The first kappa shape index (κ1) is 48.2. The number of nitrogens with one attached hydrogen (secondary N) is 1. The third-order valence-corrected chi connectivity index (χ3v) is 12.6. The summed E-state index contributed by atoms with van der Waals surface area (Å²) >= 11 is 0. The average Bonchev–Trinajstić information content (AvgIpc) is 3.86. The smallest absolute Gasteiger partial charge is 0.259 e. The van der Waals surface area contributed by atoms with Crippen molar-refractivity contribution in [1.82, 2.24) is 24.2 Å². The molecular weight excluding hydrogens is 836 g/mol. The summed E-state index contributed by atoms with van der Waals surface area (Å²) in [5.41, 5.74) is 4.54. The molecule has 0 saturated carbocycles. The van der Waals surface area contributed by atoms with Crippen LogP contribution in [0.15, 0.2) is 91.5 Å². The van der Waals surface area contributed by atoms with Crippen molar-refractivity contribution < 1.29 is 37.5 Å². The van der Waals surface area contributed by atoms with E-state index in [0.29, 0.717) is 11.2 Å². The second-order valence-electron chi connectivity index (χ2n) is 15.9. The van der Waals surface area contributed by atoms with Gasteiger partial charge in [0.25, 0.3) is 8.53 Å². The molecule has 2 aromatic heterocycles. The second kappa shape index (κ2) is 23.1. The number of anilines is 1. The molecule has 1 saturated heterocycles. The van der Waals surface area contributed by atoms with Crippen LogP contribution in [0.25, 0.3) is 16.0 Å². The maximum absolute atomic E-state index is 12.2. The molecule has 0 bridgehead atoms. The van der Waals surface area contributed by atoms with Crippen LogP contribution in [0.3, 0.4) is 0 Å². The lowest BCUT2D eigenvalue weighted by atomic mass is 9.79. The van der Waals surface area contributed by atoms with Crippen LogP contribution in [0.4, 0.5) is 5.82 Å². The highest BCUT2D eigenvalue weighted by Crippen LogP contribution is 2.51. The maximum atomic E-state index is 12.2. The Kier molecular flexibility index (Phi) is 17.4. The van der Waals surface area contributed by atoms with Crippen LogP contribution in [0, 0.1) is 31.8 Å². The van der Waals surface area contributed by atoms with Crippen LogP contribution in [-0.4, -0.2) is 100 Å². The molecule has 17 heteroatoms. The van der Waals surface area contributed by atoms with E-state index in [0.717, 1.165) is 27.8 Å². The molecule has 64 heavy (non-hydrogen) atoms. The van der Waals surface area contributed by atoms with Crippen LogP contribution in [0.2, 0.25) is 0 Å². The van der Waals surface area contributed by atoms with Crippen molar-refractivity contribution >= 4 is 31.4 Å². The number of benzene rings is 3. The van der Waals surface area contributed by atoms with Gasteiger partial charge >= 0.3 is 0 Å². The Balaban J connectivity index is 1.49. The fourth-order valence-electron chi connectivity index (χ4n) is 7.66. The van der Waals surface area contributed by atoms with Crippen molar-refractivity contribution in [3.63, 3.8) is 0 Å². The zero-order valence-electron chi connectivity index (χ0n) is 37.4. The van der Waals surface area contributed by atoms with Crippen LogP contribution >= 0.6 is 8.53 Å². The van der Waals surface area contributed by atoms with Gasteiger partial charge in [0.1, 0.15) is 50.4 Å². The molecule has 1 fully saturated rings. The van der Waals surface area contributed by atoms with E-state index in [9.17, 15) is 4.79 Å². The number of ether oxygens (including phenoxy) is 5. The Labute approximate surface area is 376 Å². The molecular formula is C47H57N8O8P. The van der Waals surface area contributed by atoms with Gasteiger partial charge in [-0.3, -0.25) is 9.36 Å². The molecule has 1 amide bonds. The molecule has 6 rings (SSSR count). The number of hydrogen-bond donors (Lipinski definition) is 1. The van der Waals surface area contributed by atoms with Crippen molar-refractivity contribution in [2.75, 3.05) is 45.3 Å². The van der Waals surface area contributed by atoms with Crippen molar-refractivity contribution in [3.8, 4) is 6.07 Å². The molecule has 5 aromatic rings. The highest BCUT2D eigenvalue weighted by atomic mass is 31.2. The summed E-state index contributed by atoms with van der Waals surface area (Å²) in [7, 11) is -1.83. The van der Waals surface area contributed by atoms with Gasteiger partial charge in [-0.2, -0.15) is 5.26 Å². The molecule has 0 spiro atoms. The molecule has 1 N–H and O–H groups in total. The van der Waals surface area contributed by atoms with E-state index in [1.54, 1.807) is 10.9 Å². The number of hydrogen-bond acceptors (Lipinski definition) is 13.